The summed E-state index contributed by atoms with van der Waals surface area (Å²) in [5, 5.41) is 3.16. The van der Waals surface area contributed by atoms with Gasteiger partial charge in [-0.2, -0.15) is 4.98 Å². The Morgan fingerprint density at radius 2 is 2.13 bits per heavy atom. The molecule has 0 amide bonds. The van der Waals surface area contributed by atoms with Crippen LogP contribution in [0.4, 0.5) is 19.0 Å². The second-order valence-electron chi connectivity index (χ2n) is 6.59. The zero-order chi connectivity index (χ0) is 16.4. The fraction of sp³-hybridized carbons (Fsp3) is 0.467. The molecular weight excluding hydrogens is 309 g/mol. The van der Waals surface area contributed by atoms with Crippen LogP contribution in [-0.2, 0) is 0 Å². The van der Waals surface area contributed by atoms with E-state index in [4.69, 9.17) is 0 Å². The Bertz CT molecular complexity index is 868. The Kier molecular flexibility index (Phi) is 2.96. The van der Waals surface area contributed by atoms with Gasteiger partial charge in [0.15, 0.2) is 17.5 Å². The summed E-state index contributed by atoms with van der Waals surface area (Å²) in [7, 11) is 0. The molecule has 3 heterocycles. The van der Waals surface area contributed by atoms with E-state index in [0.717, 1.165) is 12.8 Å². The predicted octanol–water partition coefficient (Wildman–Crippen LogP) is 1.67. The average molecular weight is 324 g/mol. The minimum absolute atomic E-state index is 0.000671. The van der Waals surface area contributed by atoms with Crippen LogP contribution in [0.1, 0.15) is 19.8 Å². The molecule has 2 aromatic rings. The molecule has 0 aliphatic carbocycles. The maximum absolute atomic E-state index is 14.3. The fourth-order valence-corrected chi connectivity index (χ4v) is 3.75. The van der Waals surface area contributed by atoms with E-state index in [9.17, 15) is 18.0 Å². The van der Waals surface area contributed by atoms with E-state index in [-0.39, 0.29) is 28.3 Å². The summed E-state index contributed by atoms with van der Waals surface area (Å²) >= 11 is 0. The van der Waals surface area contributed by atoms with Gasteiger partial charge in [-0.05, 0) is 19.8 Å². The summed E-state index contributed by atoms with van der Waals surface area (Å²) in [6, 6.07) is 0.617. The standard InChI is InChI=1S/C15H15F3N4O/c1-15-3-2-7(21-15)5-22(6-15)13-10-11(18)8(16)4-9(17)12(10)19-14(23)20-13/h4,7,21H,2-3,5-6H2,1H3,(H,19,20,23)/t7?,15-/m0/s1. The molecule has 5 nitrogen and oxygen atoms in total. The first-order valence-electron chi connectivity index (χ1n) is 7.46. The molecule has 1 unspecified atom stereocenters. The van der Waals surface area contributed by atoms with E-state index in [0.29, 0.717) is 19.2 Å². The Morgan fingerprint density at radius 3 is 2.87 bits per heavy atom. The topological polar surface area (TPSA) is 61.0 Å². The molecule has 2 saturated heterocycles. The van der Waals surface area contributed by atoms with Gasteiger partial charge < -0.3 is 15.2 Å². The van der Waals surface area contributed by atoms with Gasteiger partial charge in [0, 0.05) is 30.7 Å². The van der Waals surface area contributed by atoms with Gasteiger partial charge >= 0.3 is 5.69 Å². The van der Waals surface area contributed by atoms with Crippen molar-refractivity contribution in [2.45, 2.75) is 31.3 Å². The number of hydrogen-bond donors (Lipinski definition) is 2. The van der Waals surface area contributed by atoms with Crippen molar-refractivity contribution in [2.75, 3.05) is 18.0 Å². The normalized spacial score (nSPS) is 27.0. The van der Waals surface area contributed by atoms with Crippen LogP contribution in [0, 0.1) is 17.5 Å². The number of piperazine rings is 1. The molecule has 8 heteroatoms. The molecule has 2 fully saturated rings. The van der Waals surface area contributed by atoms with Gasteiger partial charge in [-0.1, -0.05) is 0 Å². The molecule has 122 valence electrons. The van der Waals surface area contributed by atoms with E-state index < -0.39 is 23.1 Å². The van der Waals surface area contributed by atoms with Gasteiger partial charge in [0.2, 0.25) is 0 Å². The average Bonchev–Trinajstić information content (AvgIpc) is 2.77. The number of rotatable bonds is 1. The zero-order valence-corrected chi connectivity index (χ0v) is 12.4. The number of hydrogen-bond acceptors (Lipinski definition) is 4. The van der Waals surface area contributed by atoms with Crippen molar-refractivity contribution in [1.82, 2.24) is 15.3 Å². The van der Waals surface area contributed by atoms with Crippen molar-refractivity contribution >= 4 is 16.7 Å². The van der Waals surface area contributed by atoms with Crippen LogP contribution < -0.4 is 15.9 Å². The number of nitrogens with one attached hydrogen (secondary N) is 2. The third-order valence-corrected chi connectivity index (χ3v) is 4.71. The van der Waals surface area contributed by atoms with Crippen molar-refractivity contribution in [3.05, 3.63) is 34.0 Å². The van der Waals surface area contributed by atoms with Crippen LogP contribution in [0.25, 0.3) is 10.9 Å². The van der Waals surface area contributed by atoms with Crippen LogP contribution in [0.5, 0.6) is 0 Å². The SMILES string of the molecule is C[C@]12CCC(CN(c3nc(=O)[nH]c4c(F)cc(F)c(F)c34)C1)N2. The van der Waals surface area contributed by atoms with Gasteiger partial charge in [-0.15, -0.1) is 0 Å². The molecule has 1 aromatic heterocycles. The van der Waals surface area contributed by atoms with E-state index in [1.54, 1.807) is 4.90 Å². The smallest absolute Gasteiger partial charge is 0.347 e. The number of benzene rings is 1. The summed E-state index contributed by atoms with van der Waals surface area (Å²) < 4.78 is 41.9. The number of halogens is 3. The van der Waals surface area contributed by atoms with Crippen molar-refractivity contribution in [2.24, 2.45) is 0 Å². The molecule has 2 atom stereocenters. The molecule has 4 rings (SSSR count). The number of aromatic amines is 1. The van der Waals surface area contributed by atoms with Gasteiger partial charge in [-0.25, -0.2) is 18.0 Å². The lowest BCUT2D eigenvalue weighted by Gasteiger charge is -2.40. The quantitative estimate of drug-likeness (QED) is 0.784. The lowest BCUT2D eigenvalue weighted by Crippen LogP contribution is -2.58. The van der Waals surface area contributed by atoms with Crippen molar-refractivity contribution in [3.63, 3.8) is 0 Å². The molecule has 0 saturated carbocycles. The monoisotopic (exact) mass is 324 g/mol. The summed E-state index contributed by atoms with van der Waals surface area (Å²) in [5.41, 5.74) is -1.31. The van der Waals surface area contributed by atoms with Gasteiger partial charge in [0.1, 0.15) is 5.82 Å². The summed E-state index contributed by atoms with van der Waals surface area (Å²) in [4.78, 5) is 19.5. The van der Waals surface area contributed by atoms with E-state index in [2.05, 4.69) is 15.3 Å². The van der Waals surface area contributed by atoms with E-state index >= 15 is 0 Å². The molecule has 2 aliphatic rings. The molecule has 1 aromatic carbocycles. The first-order valence-corrected chi connectivity index (χ1v) is 7.46. The number of nitrogens with zero attached hydrogens (tertiary/aromatic N) is 2. The third kappa shape index (κ3) is 2.20. The Labute approximate surface area is 129 Å². The summed E-state index contributed by atoms with van der Waals surface area (Å²) in [6.07, 6.45) is 1.90. The van der Waals surface area contributed by atoms with Gasteiger partial charge in [0.05, 0.1) is 10.9 Å². The Hall–Kier alpha value is -2.09. The largest absolute Gasteiger partial charge is 0.352 e. The first kappa shape index (κ1) is 14.5. The molecule has 2 bridgehead atoms. The van der Waals surface area contributed by atoms with Crippen molar-refractivity contribution < 1.29 is 13.2 Å². The fourth-order valence-electron chi connectivity index (χ4n) is 3.75. The third-order valence-electron chi connectivity index (χ3n) is 4.71. The molecule has 0 spiro atoms. The number of aromatic nitrogens is 2. The highest BCUT2D eigenvalue weighted by atomic mass is 19.2. The van der Waals surface area contributed by atoms with Crippen LogP contribution in [0.2, 0.25) is 0 Å². The number of fused-ring (bicyclic) bond motifs is 3. The maximum atomic E-state index is 14.3. The van der Waals surface area contributed by atoms with Crippen molar-refractivity contribution in [3.8, 4) is 0 Å². The number of anilines is 1. The highest BCUT2D eigenvalue weighted by molar-refractivity contribution is 5.90. The molecule has 2 aliphatic heterocycles. The van der Waals surface area contributed by atoms with Crippen LogP contribution in [-0.4, -0.2) is 34.6 Å². The Balaban J connectivity index is 1.95. The van der Waals surface area contributed by atoms with Gasteiger partial charge in [0.25, 0.3) is 0 Å². The number of H-pyrrole nitrogens is 1. The van der Waals surface area contributed by atoms with Crippen molar-refractivity contribution in [1.29, 1.82) is 0 Å². The van der Waals surface area contributed by atoms with Crippen LogP contribution in [0.3, 0.4) is 0 Å². The molecular formula is C15H15F3N4O. The second-order valence-corrected chi connectivity index (χ2v) is 6.59. The minimum Gasteiger partial charge on any atom is -0.352 e. The molecule has 0 radical (unpaired) electrons. The zero-order valence-electron chi connectivity index (χ0n) is 12.4. The van der Waals surface area contributed by atoms with E-state index in [1.165, 1.54) is 0 Å². The Morgan fingerprint density at radius 1 is 1.35 bits per heavy atom. The maximum Gasteiger partial charge on any atom is 0.347 e. The summed E-state index contributed by atoms with van der Waals surface area (Å²) in [6.45, 7) is 3.04. The lowest BCUT2D eigenvalue weighted by molar-refractivity contribution is 0.348. The van der Waals surface area contributed by atoms with Gasteiger partial charge in [-0.3, -0.25) is 0 Å². The van der Waals surface area contributed by atoms with Crippen LogP contribution >= 0.6 is 0 Å². The molecule has 23 heavy (non-hydrogen) atoms. The lowest BCUT2D eigenvalue weighted by atomic mass is 10.00. The summed E-state index contributed by atoms with van der Waals surface area (Å²) in [5.74, 6) is -3.51. The predicted molar refractivity (Wildman–Crippen MR) is 79.0 cm³/mol. The van der Waals surface area contributed by atoms with Crippen LogP contribution in [0.15, 0.2) is 10.9 Å². The van der Waals surface area contributed by atoms with E-state index in [1.807, 2.05) is 6.92 Å². The second kappa shape index (κ2) is 4.70. The highest BCUT2D eigenvalue weighted by Gasteiger charge is 2.42. The minimum atomic E-state index is -1.30. The molecule has 2 N–H and O–H groups in total. The highest BCUT2D eigenvalue weighted by Crippen LogP contribution is 2.35. The first-order chi connectivity index (χ1) is 10.9.